The molecule has 1 heterocycles. The van der Waals surface area contributed by atoms with Crippen molar-refractivity contribution in [3.8, 4) is 0 Å². The quantitative estimate of drug-likeness (QED) is 0.727. The second kappa shape index (κ2) is 8.23. The smallest absolute Gasteiger partial charge is 0.223 e. The van der Waals surface area contributed by atoms with Crippen LogP contribution < -0.4 is 5.32 Å². The first kappa shape index (κ1) is 16.9. The Morgan fingerprint density at radius 1 is 1.27 bits per heavy atom. The third-order valence-corrected chi connectivity index (χ3v) is 4.30. The van der Waals surface area contributed by atoms with Gasteiger partial charge in [-0.3, -0.25) is 4.79 Å². The van der Waals surface area contributed by atoms with Crippen LogP contribution in [0.15, 0.2) is 24.4 Å². The van der Waals surface area contributed by atoms with Gasteiger partial charge in [0.25, 0.3) is 0 Å². The van der Waals surface area contributed by atoms with E-state index in [1.165, 1.54) is 5.56 Å². The number of amides is 1. The fraction of sp³-hybridized carbons (Fsp3) is 0.500. The molecule has 0 radical (unpaired) electrons. The van der Waals surface area contributed by atoms with Crippen LogP contribution in [0.1, 0.15) is 45.1 Å². The first-order valence-corrected chi connectivity index (χ1v) is 8.56. The van der Waals surface area contributed by atoms with Gasteiger partial charge in [-0.1, -0.05) is 38.3 Å². The fourth-order valence-corrected chi connectivity index (χ4v) is 3.10. The predicted octanol–water partition coefficient (Wildman–Crippen LogP) is 4.70. The van der Waals surface area contributed by atoms with E-state index in [0.29, 0.717) is 6.54 Å². The lowest BCUT2D eigenvalue weighted by Crippen LogP contribution is -2.32. The van der Waals surface area contributed by atoms with Crippen LogP contribution >= 0.6 is 11.6 Å². The average molecular weight is 321 g/mol. The topological polar surface area (TPSA) is 44.9 Å². The Labute approximate surface area is 137 Å². The number of carbonyl (C=O) groups is 1. The average Bonchev–Trinajstić information content (AvgIpc) is 2.89. The summed E-state index contributed by atoms with van der Waals surface area (Å²) in [5.74, 6) is 0.356. The van der Waals surface area contributed by atoms with Gasteiger partial charge in [0.05, 0.1) is 0 Å². The van der Waals surface area contributed by atoms with E-state index in [-0.39, 0.29) is 11.8 Å². The molecule has 2 rings (SSSR count). The number of benzene rings is 1. The van der Waals surface area contributed by atoms with Crippen LogP contribution in [0, 0.1) is 5.92 Å². The first-order chi connectivity index (χ1) is 10.7. The van der Waals surface area contributed by atoms with Crippen molar-refractivity contribution >= 4 is 28.4 Å². The molecule has 2 aromatic rings. The molecule has 22 heavy (non-hydrogen) atoms. The number of fused-ring (bicyclic) bond motifs is 1. The second-order valence-corrected chi connectivity index (χ2v) is 6.26. The van der Waals surface area contributed by atoms with Crippen LogP contribution in [-0.2, 0) is 11.2 Å². The molecule has 1 aromatic carbocycles. The molecule has 0 bridgehead atoms. The minimum absolute atomic E-state index is 0.160. The zero-order valence-corrected chi connectivity index (χ0v) is 14.2. The van der Waals surface area contributed by atoms with Crippen molar-refractivity contribution < 1.29 is 4.79 Å². The fourth-order valence-electron chi connectivity index (χ4n) is 2.93. The van der Waals surface area contributed by atoms with Gasteiger partial charge < -0.3 is 10.3 Å². The summed E-state index contributed by atoms with van der Waals surface area (Å²) in [6.45, 7) is 4.93. The standard InChI is InChI=1S/C18H25ClN2O/c1-3-5-13(6-4-2)18(22)20-10-9-14-12-21-17-8-7-15(19)11-16(14)17/h7-8,11-13,21H,3-6,9-10H2,1-2H3,(H,20,22). The van der Waals surface area contributed by atoms with Crippen LogP contribution in [0.3, 0.4) is 0 Å². The minimum atomic E-state index is 0.160. The number of aromatic amines is 1. The summed E-state index contributed by atoms with van der Waals surface area (Å²) in [6.07, 6.45) is 6.88. The molecule has 0 fully saturated rings. The number of rotatable bonds is 8. The van der Waals surface area contributed by atoms with Gasteiger partial charge in [-0.25, -0.2) is 0 Å². The molecule has 1 aromatic heterocycles. The maximum absolute atomic E-state index is 12.2. The zero-order valence-electron chi connectivity index (χ0n) is 13.4. The maximum atomic E-state index is 12.2. The summed E-state index contributed by atoms with van der Waals surface area (Å²) in [5, 5.41) is 4.96. The normalized spacial score (nSPS) is 11.3. The Kier molecular flexibility index (Phi) is 6.32. The molecule has 0 spiro atoms. The van der Waals surface area contributed by atoms with Gasteiger partial charge in [0, 0.05) is 34.6 Å². The molecule has 0 aliphatic carbocycles. The van der Waals surface area contributed by atoms with Crippen LogP contribution in [-0.4, -0.2) is 17.4 Å². The van der Waals surface area contributed by atoms with Gasteiger partial charge in [-0.05, 0) is 43.0 Å². The van der Waals surface area contributed by atoms with Crippen LogP contribution in [0.2, 0.25) is 5.02 Å². The number of carbonyl (C=O) groups excluding carboxylic acids is 1. The number of H-pyrrole nitrogens is 1. The lowest BCUT2D eigenvalue weighted by Gasteiger charge is -2.15. The van der Waals surface area contributed by atoms with Crippen molar-refractivity contribution in [2.24, 2.45) is 5.92 Å². The predicted molar refractivity (Wildman–Crippen MR) is 93.3 cm³/mol. The number of hydrogen-bond donors (Lipinski definition) is 2. The maximum Gasteiger partial charge on any atom is 0.223 e. The number of aromatic nitrogens is 1. The third kappa shape index (κ3) is 4.26. The summed E-state index contributed by atoms with van der Waals surface area (Å²) in [6, 6.07) is 5.84. The summed E-state index contributed by atoms with van der Waals surface area (Å²) in [4.78, 5) is 15.5. The number of nitrogens with one attached hydrogen (secondary N) is 2. The lowest BCUT2D eigenvalue weighted by atomic mass is 9.97. The highest BCUT2D eigenvalue weighted by Crippen LogP contribution is 2.22. The largest absolute Gasteiger partial charge is 0.361 e. The molecule has 0 saturated carbocycles. The van der Waals surface area contributed by atoms with Crippen LogP contribution in [0.5, 0.6) is 0 Å². The van der Waals surface area contributed by atoms with Crippen molar-refractivity contribution in [1.29, 1.82) is 0 Å². The van der Waals surface area contributed by atoms with Gasteiger partial charge in [-0.15, -0.1) is 0 Å². The van der Waals surface area contributed by atoms with E-state index in [9.17, 15) is 4.79 Å². The van der Waals surface area contributed by atoms with Crippen molar-refractivity contribution in [2.75, 3.05) is 6.54 Å². The lowest BCUT2D eigenvalue weighted by molar-refractivity contribution is -0.125. The molecule has 0 unspecified atom stereocenters. The Balaban J connectivity index is 1.91. The molecule has 2 N–H and O–H groups in total. The van der Waals surface area contributed by atoms with Gasteiger partial charge in [0.2, 0.25) is 5.91 Å². The van der Waals surface area contributed by atoms with E-state index in [1.54, 1.807) is 0 Å². The molecule has 3 nitrogen and oxygen atoms in total. The van der Waals surface area contributed by atoms with E-state index in [2.05, 4.69) is 24.1 Å². The minimum Gasteiger partial charge on any atom is -0.361 e. The van der Waals surface area contributed by atoms with Gasteiger partial charge in [-0.2, -0.15) is 0 Å². The van der Waals surface area contributed by atoms with E-state index >= 15 is 0 Å². The Morgan fingerprint density at radius 3 is 2.68 bits per heavy atom. The molecule has 0 aliphatic heterocycles. The molecular formula is C18H25ClN2O. The van der Waals surface area contributed by atoms with Crippen molar-refractivity contribution in [2.45, 2.75) is 46.0 Å². The van der Waals surface area contributed by atoms with E-state index in [0.717, 1.165) is 48.0 Å². The van der Waals surface area contributed by atoms with Crippen LogP contribution in [0.4, 0.5) is 0 Å². The Hall–Kier alpha value is -1.48. The molecule has 1 amide bonds. The van der Waals surface area contributed by atoms with Crippen molar-refractivity contribution in [1.82, 2.24) is 10.3 Å². The molecule has 0 atom stereocenters. The molecular weight excluding hydrogens is 296 g/mol. The van der Waals surface area contributed by atoms with E-state index in [1.807, 2.05) is 24.4 Å². The first-order valence-electron chi connectivity index (χ1n) is 8.18. The highest BCUT2D eigenvalue weighted by molar-refractivity contribution is 6.31. The van der Waals surface area contributed by atoms with Gasteiger partial charge >= 0.3 is 0 Å². The third-order valence-electron chi connectivity index (χ3n) is 4.07. The Morgan fingerprint density at radius 2 is 2.00 bits per heavy atom. The van der Waals surface area contributed by atoms with Crippen LogP contribution in [0.25, 0.3) is 10.9 Å². The molecule has 120 valence electrons. The second-order valence-electron chi connectivity index (χ2n) is 5.82. The Bertz CT molecular complexity index is 615. The number of hydrogen-bond acceptors (Lipinski definition) is 1. The molecule has 0 aliphatic rings. The number of halogens is 1. The molecule has 4 heteroatoms. The summed E-state index contributed by atoms with van der Waals surface area (Å²) < 4.78 is 0. The monoisotopic (exact) mass is 320 g/mol. The zero-order chi connectivity index (χ0) is 15.9. The SMILES string of the molecule is CCCC(CCC)C(=O)NCCc1c[nH]c2ccc(Cl)cc12. The van der Waals surface area contributed by atoms with Gasteiger partial charge in [0.15, 0.2) is 0 Å². The summed E-state index contributed by atoms with van der Waals surface area (Å²) in [7, 11) is 0. The highest BCUT2D eigenvalue weighted by Gasteiger charge is 2.16. The van der Waals surface area contributed by atoms with Crippen molar-refractivity contribution in [3.05, 3.63) is 35.0 Å². The van der Waals surface area contributed by atoms with Gasteiger partial charge in [0.1, 0.15) is 0 Å². The van der Waals surface area contributed by atoms with E-state index in [4.69, 9.17) is 11.6 Å². The van der Waals surface area contributed by atoms with Crippen molar-refractivity contribution in [3.63, 3.8) is 0 Å². The summed E-state index contributed by atoms with van der Waals surface area (Å²) >= 11 is 6.06. The summed E-state index contributed by atoms with van der Waals surface area (Å²) in [5.41, 5.74) is 2.28. The van der Waals surface area contributed by atoms with E-state index < -0.39 is 0 Å². The molecule has 0 saturated heterocycles. The highest BCUT2D eigenvalue weighted by atomic mass is 35.5.